The summed E-state index contributed by atoms with van der Waals surface area (Å²) in [6.07, 6.45) is -8.51. The van der Waals surface area contributed by atoms with E-state index >= 15 is 0 Å². The zero-order chi connectivity index (χ0) is 88.6. The van der Waals surface area contributed by atoms with Gasteiger partial charge in [-0.2, -0.15) is 0 Å². The number of hydrogen-bond acceptors (Lipinski definition) is 35. The average Bonchev–Trinajstić information content (AvgIpc) is 0.812. The Balaban J connectivity index is 1.29. The number of aliphatic hydroxyl groups is 9. The van der Waals surface area contributed by atoms with Gasteiger partial charge in [0.15, 0.2) is 0 Å². The zero-order valence-electron chi connectivity index (χ0n) is 69.6. The van der Waals surface area contributed by atoms with Gasteiger partial charge in [-0.05, 0) is 51.4 Å². The molecule has 0 spiro atoms. The lowest BCUT2D eigenvalue weighted by Gasteiger charge is -2.42. The van der Waals surface area contributed by atoms with E-state index in [2.05, 4.69) is 57.9 Å². The Labute approximate surface area is 714 Å². The van der Waals surface area contributed by atoms with Crippen molar-refractivity contribution in [3.05, 3.63) is 12.3 Å². The van der Waals surface area contributed by atoms with Crippen molar-refractivity contribution >= 4 is 73.2 Å². The maximum Gasteiger partial charge on any atom is 0.247 e. The largest absolute Gasteiger partial charge is 0.498 e. The SMILES string of the molecule is CC(=O)N[C@@H]1[C@@H](O)[C@@H](O)[C@@H](CO)O[C@@H]1CCCOCCOCCNC(=O)C=COCC(COCCC(=O)NCCOCCOCCC[C@H]1O[C@H](CO)[C@H](O)[C@H](O)[C@H]1NC(C)=O)(COCCC(=O)NCCOCCOCCC[C@H]1O[C@H](CO)[C@H](O)[C@H](O)[C@H]1NC(C)=O)NC(=O)COCCOCCOCCOCCNS(=O)(=O)C1CCN(C(=O)CBr)CC1. The van der Waals surface area contributed by atoms with Crippen LogP contribution in [0, 0.1) is 0 Å². The minimum Gasteiger partial charge on any atom is -0.498 e. The summed E-state index contributed by atoms with van der Waals surface area (Å²) in [4.78, 5) is 102. The predicted molar refractivity (Wildman–Crippen MR) is 428 cm³/mol. The lowest BCUT2D eigenvalue weighted by molar-refractivity contribution is -0.197. The van der Waals surface area contributed by atoms with Gasteiger partial charge in [0.25, 0.3) is 0 Å². The van der Waals surface area contributed by atoms with Crippen LogP contribution in [0.3, 0.4) is 0 Å². The van der Waals surface area contributed by atoms with E-state index in [0.717, 1.165) is 12.3 Å². The number of halogens is 1. The van der Waals surface area contributed by atoms with E-state index < -0.39 is 187 Å². The molecule has 15 atom stereocenters. The molecule has 0 radical (unpaired) electrons. The highest BCUT2D eigenvalue weighted by atomic mass is 79.9. The van der Waals surface area contributed by atoms with Gasteiger partial charge in [-0.1, -0.05) is 15.9 Å². The summed E-state index contributed by atoms with van der Waals surface area (Å²) in [5.41, 5.74) is -1.58. The maximum absolute atomic E-state index is 13.8. The van der Waals surface area contributed by atoms with Crippen LogP contribution in [-0.4, -0.2) is 438 Å². The average molecular weight is 1830 g/mol. The third-order valence-electron chi connectivity index (χ3n) is 19.4. The second-order valence-corrected chi connectivity index (χ2v) is 31.6. The predicted octanol–water partition coefficient (Wildman–Crippen LogP) is -7.70. The Kier molecular flexibility index (Phi) is 56.8. The molecule has 0 saturated carbocycles. The van der Waals surface area contributed by atoms with Crippen molar-refractivity contribution in [3.63, 3.8) is 0 Å². The van der Waals surface area contributed by atoms with E-state index in [-0.39, 0.29) is 202 Å². The van der Waals surface area contributed by atoms with Gasteiger partial charge >= 0.3 is 0 Å². The molecule has 44 nitrogen and oxygen atoms in total. The molecule has 8 amide bonds. The minimum atomic E-state index is -3.59. The van der Waals surface area contributed by atoms with Crippen molar-refractivity contribution in [2.45, 2.75) is 187 Å². The van der Waals surface area contributed by atoms with Crippen LogP contribution in [0.1, 0.15) is 85.0 Å². The van der Waals surface area contributed by atoms with Crippen molar-refractivity contribution in [1.29, 1.82) is 0 Å². The Morgan fingerprint density at radius 3 is 1.14 bits per heavy atom. The smallest absolute Gasteiger partial charge is 0.247 e. The van der Waals surface area contributed by atoms with Crippen molar-refractivity contribution in [2.24, 2.45) is 0 Å². The number of ether oxygens (including phenoxy) is 16. The van der Waals surface area contributed by atoms with Gasteiger partial charge in [0, 0.05) is 98.8 Å². The van der Waals surface area contributed by atoms with E-state index in [1.807, 2.05) is 0 Å². The molecule has 121 heavy (non-hydrogen) atoms. The van der Waals surface area contributed by atoms with E-state index in [4.69, 9.17) is 75.8 Å². The van der Waals surface area contributed by atoms with Crippen LogP contribution in [-0.2, 0) is 124 Å². The fourth-order valence-corrected chi connectivity index (χ4v) is 14.9. The van der Waals surface area contributed by atoms with Gasteiger partial charge < -0.3 is 164 Å². The molecule has 4 aliphatic rings. The highest BCUT2D eigenvalue weighted by Crippen LogP contribution is 2.28. The molecule has 0 unspecified atom stereocenters. The Hall–Kier alpha value is -5.27. The summed E-state index contributed by atoms with van der Waals surface area (Å²) in [7, 11) is -3.59. The Bertz CT molecular complexity index is 2950. The van der Waals surface area contributed by atoms with Crippen molar-refractivity contribution in [1.82, 2.24) is 46.8 Å². The second kappa shape index (κ2) is 63.6. The minimum absolute atomic E-state index is 0.0360. The molecule has 4 saturated heterocycles. The summed E-state index contributed by atoms with van der Waals surface area (Å²) >= 11 is 3.14. The number of nitrogens with zero attached hydrogens (tertiary/aromatic N) is 1. The number of piperidine rings is 1. The highest BCUT2D eigenvalue weighted by molar-refractivity contribution is 9.09. The number of rotatable bonds is 68. The van der Waals surface area contributed by atoms with Gasteiger partial charge in [-0.25, -0.2) is 13.1 Å². The number of likely N-dealkylation sites (tertiary alicyclic amines) is 1. The standard InChI is InChI=1S/C75H134BrN9O35S/c1-51(89)81-66-55(118-58(44-86)69(97)72(66)100)7-4-21-105-31-34-108-27-15-77-61(92)12-24-115-48-75(49-116-25-13-62(93)78-16-28-109-35-32-106-22-5-8-56-67(82-52(2)90)73(101)70(98)59(45-87)119-56,50-117-26-14-63(94)79-17-29-110-36-33-107-23-6-9-57-68(83-53(3)91)74(102)71(99)60(46-88)120-57)84-64(95)47-114-42-41-113-40-39-112-38-37-111-30-18-80-121(103,104)54-10-19-85(20-11-54)65(96)43-76/h12,24,54-60,66-74,80,86-88,97-102H,4-11,13-23,25-50H2,1-3H3,(H,77,92)(H,78,93)(H,79,94)(H,81,89)(H,82,90)(H,83,91)(H,84,95)/t55-,56-,57-,58-,59-,60-,66+,67+,68+,69+,70+,71+,72-,73-,74-/m1/s1. The third-order valence-corrected chi connectivity index (χ3v) is 21.8. The van der Waals surface area contributed by atoms with Gasteiger partial charge in [0.2, 0.25) is 57.3 Å². The summed E-state index contributed by atoms with van der Waals surface area (Å²) in [6.45, 7) is 4.48. The molecule has 4 heterocycles. The first-order valence-electron chi connectivity index (χ1n) is 41.0. The topological polar surface area (TPSA) is 600 Å². The first kappa shape index (κ1) is 108. The van der Waals surface area contributed by atoms with Gasteiger partial charge in [0.05, 0.1) is 205 Å². The number of hydrogen-bond donors (Lipinski definition) is 17. The molecule has 0 bridgehead atoms. The number of sulfonamides is 1. The molecule has 0 aliphatic carbocycles. The molecular formula is C75H134BrN9O35S. The molecule has 46 heteroatoms. The Morgan fingerprint density at radius 1 is 0.430 bits per heavy atom. The van der Waals surface area contributed by atoms with Crippen molar-refractivity contribution < 1.29 is 169 Å². The van der Waals surface area contributed by atoms with E-state index in [1.54, 1.807) is 4.90 Å². The van der Waals surface area contributed by atoms with Crippen molar-refractivity contribution in [3.8, 4) is 0 Å². The normalized spacial score (nSPS) is 24.1. The van der Waals surface area contributed by atoms with E-state index in [9.17, 15) is 92.7 Å². The van der Waals surface area contributed by atoms with Crippen LogP contribution in [0.5, 0.6) is 0 Å². The molecule has 4 fully saturated rings. The molecule has 702 valence electrons. The molecular weight excluding hydrogens is 1700 g/mol. The second-order valence-electron chi connectivity index (χ2n) is 29.0. The first-order chi connectivity index (χ1) is 58.2. The van der Waals surface area contributed by atoms with Crippen LogP contribution >= 0.6 is 15.9 Å². The highest BCUT2D eigenvalue weighted by Gasteiger charge is 2.47. The van der Waals surface area contributed by atoms with Crippen LogP contribution in [0.15, 0.2) is 12.3 Å². The number of alkyl halides is 1. The van der Waals surface area contributed by atoms with Crippen molar-refractivity contribution in [2.75, 3.05) is 230 Å². The zero-order valence-corrected chi connectivity index (χ0v) is 72.0. The fraction of sp³-hybridized carbons (Fsp3) is 0.867. The molecule has 0 aromatic rings. The number of aliphatic hydroxyl groups excluding tert-OH is 9. The number of carbonyl (C=O) groups is 8. The lowest BCUT2D eigenvalue weighted by Crippen LogP contribution is -2.63. The number of amides is 8. The quantitative estimate of drug-likeness (QED) is 0.0116. The molecule has 0 aromatic carbocycles. The maximum atomic E-state index is 13.8. The fourth-order valence-electron chi connectivity index (χ4n) is 13.1. The van der Waals surface area contributed by atoms with Crippen LogP contribution < -0.4 is 41.9 Å². The monoisotopic (exact) mass is 1830 g/mol. The van der Waals surface area contributed by atoms with Crippen LogP contribution in [0.25, 0.3) is 0 Å². The Morgan fingerprint density at radius 2 is 0.777 bits per heavy atom. The van der Waals surface area contributed by atoms with Crippen LogP contribution in [0.2, 0.25) is 0 Å². The molecule has 0 aromatic heterocycles. The number of nitrogens with one attached hydrogen (secondary N) is 8. The van der Waals surface area contributed by atoms with Gasteiger partial charge in [-0.15, -0.1) is 0 Å². The summed E-state index contributed by atoms with van der Waals surface area (Å²) < 4.78 is 120. The summed E-state index contributed by atoms with van der Waals surface area (Å²) in [5, 5.41) is 110. The summed E-state index contributed by atoms with van der Waals surface area (Å²) in [5.74, 6) is -3.44. The lowest BCUT2D eigenvalue weighted by atomic mass is 9.90. The number of carbonyl (C=O) groups excluding carboxylic acids is 8. The summed E-state index contributed by atoms with van der Waals surface area (Å²) in [6, 6.07) is -2.69. The first-order valence-corrected chi connectivity index (χ1v) is 43.7. The molecule has 17 N–H and O–H groups in total. The van der Waals surface area contributed by atoms with E-state index in [0.29, 0.717) is 64.5 Å². The molecule has 4 rings (SSSR count). The van der Waals surface area contributed by atoms with Gasteiger partial charge in [0.1, 0.15) is 73.7 Å². The van der Waals surface area contributed by atoms with Crippen LogP contribution in [0.4, 0.5) is 0 Å². The molecule has 4 aliphatic heterocycles. The van der Waals surface area contributed by atoms with Gasteiger partial charge in [-0.3, -0.25) is 38.4 Å². The third kappa shape index (κ3) is 44.6. The van der Waals surface area contributed by atoms with E-state index in [1.165, 1.54) is 20.8 Å².